The molecule has 0 radical (unpaired) electrons. The molecule has 20 heavy (non-hydrogen) atoms. The molecule has 1 saturated carbocycles. The number of halogens is 3. The summed E-state index contributed by atoms with van der Waals surface area (Å²) in [4.78, 5) is 2.07. The van der Waals surface area contributed by atoms with Gasteiger partial charge in [0.15, 0.2) is 0 Å². The third-order valence-electron chi connectivity index (χ3n) is 3.30. The Kier molecular flexibility index (Phi) is 3.94. The molecular formula is C15H17F3N2. The fourth-order valence-electron chi connectivity index (χ4n) is 2.28. The number of hydrogen-bond donors (Lipinski definition) is 0. The highest BCUT2D eigenvalue weighted by Crippen LogP contribution is 2.37. The van der Waals surface area contributed by atoms with Crippen molar-refractivity contribution in [2.24, 2.45) is 5.92 Å². The zero-order valence-electron chi connectivity index (χ0n) is 11.5. The molecule has 108 valence electrons. The number of rotatable bonds is 4. The van der Waals surface area contributed by atoms with Crippen molar-refractivity contribution in [1.29, 1.82) is 5.26 Å². The Labute approximate surface area is 116 Å². The third kappa shape index (κ3) is 3.24. The van der Waals surface area contributed by atoms with Crippen LogP contribution in [0.3, 0.4) is 0 Å². The molecule has 0 saturated heterocycles. The van der Waals surface area contributed by atoms with Gasteiger partial charge in [-0.15, -0.1) is 0 Å². The van der Waals surface area contributed by atoms with Crippen LogP contribution in [0, 0.1) is 17.2 Å². The van der Waals surface area contributed by atoms with Crippen molar-refractivity contribution in [3.05, 3.63) is 29.3 Å². The Bertz CT molecular complexity index is 525. The van der Waals surface area contributed by atoms with Gasteiger partial charge in [-0.3, -0.25) is 0 Å². The van der Waals surface area contributed by atoms with Crippen LogP contribution in [0.15, 0.2) is 18.2 Å². The summed E-state index contributed by atoms with van der Waals surface area (Å²) in [6.45, 7) is 4.88. The molecule has 1 fully saturated rings. The Balaban J connectivity index is 2.37. The number of hydrogen-bond acceptors (Lipinski definition) is 2. The first-order valence-corrected chi connectivity index (χ1v) is 6.71. The molecule has 5 heteroatoms. The van der Waals surface area contributed by atoms with Gasteiger partial charge in [0.2, 0.25) is 0 Å². The van der Waals surface area contributed by atoms with E-state index in [1.54, 1.807) is 0 Å². The SMILES string of the molecule is CC(C)CN(c1ccc(C(F)(F)F)cc1C#N)C1CC1. The molecule has 0 heterocycles. The number of nitrogens with zero attached hydrogens (tertiary/aromatic N) is 2. The highest BCUT2D eigenvalue weighted by atomic mass is 19.4. The van der Waals surface area contributed by atoms with Crippen LogP contribution < -0.4 is 4.90 Å². The van der Waals surface area contributed by atoms with Crippen molar-refractivity contribution in [2.75, 3.05) is 11.4 Å². The van der Waals surface area contributed by atoms with Crippen molar-refractivity contribution in [3.8, 4) is 6.07 Å². The lowest BCUT2D eigenvalue weighted by Gasteiger charge is -2.28. The highest BCUT2D eigenvalue weighted by Gasteiger charge is 2.34. The van der Waals surface area contributed by atoms with Gasteiger partial charge in [0.1, 0.15) is 6.07 Å². The van der Waals surface area contributed by atoms with E-state index in [9.17, 15) is 13.2 Å². The first-order chi connectivity index (χ1) is 9.32. The zero-order valence-corrected chi connectivity index (χ0v) is 11.5. The average Bonchev–Trinajstić information content (AvgIpc) is 3.18. The van der Waals surface area contributed by atoms with Gasteiger partial charge in [0.25, 0.3) is 0 Å². The van der Waals surface area contributed by atoms with E-state index in [1.165, 1.54) is 6.07 Å². The third-order valence-corrected chi connectivity index (χ3v) is 3.30. The summed E-state index contributed by atoms with van der Waals surface area (Å²) in [6.07, 6.45) is -2.33. The molecule has 0 aromatic heterocycles. The van der Waals surface area contributed by atoms with Gasteiger partial charge in [0.05, 0.1) is 16.8 Å². The molecule has 0 bridgehead atoms. The maximum Gasteiger partial charge on any atom is 0.416 e. The van der Waals surface area contributed by atoms with Crippen LogP contribution in [0.25, 0.3) is 0 Å². The second kappa shape index (κ2) is 5.35. The van der Waals surface area contributed by atoms with Crippen molar-refractivity contribution < 1.29 is 13.2 Å². The van der Waals surface area contributed by atoms with E-state index in [0.29, 0.717) is 17.6 Å². The van der Waals surface area contributed by atoms with E-state index in [0.717, 1.165) is 31.5 Å². The van der Waals surface area contributed by atoms with Crippen LogP contribution >= 0.6 is 0 Å². The molecule has 0 unspecified atom stereocenters. The summed E-state index contributed by atoms with van der Waals surface area (Å²) in [5.41, 5.74) is -0.0397. The Morgan fingerprint density at radius 3 is 2.45 bits per heavy atom. The first-order valence-electron chi connectivity index (χ1n) is 6.71. The van der Waals surface area contributed by atoms with Crippen LogP contribution in [-0.4, -0.2) is 12.6 Å². The first kappa shape index (κ1) is 14.7. The van der Waals surface area contributed by atoms with Crippen molar-refractivity contribution in [2.45, 2.75) is 38.9 Å². The lowest BCUT2D eigenvalue weighted by molar-refractivity contribution is -0.137. The van der Waals surface area contributed by atoms with Gasteiger partial charge in [-0.2, -0.15) is 18.4 Å². The molecule has 2 rings (SSSR count). The van der Waals surface area contributed by atoms with Gasteiger partial charge in [-0.25, -0.2) is 0 Å². The van der Waals surface area contributed by atoms with Crippen molar-refractivity contribution in [1.82, 2.24) is 0 Å². The quantitative estimate of drug-likeness (QED) is 0.827. The lowest BCUT2D eigenvalue weighted by atomic mass is 10.1. The minimum atomic E-state index is -4.41. The fraction of sp³-hybridized carbons (Fsp3) is 0.533. The summed E-state index contributed by atoms with van der Waals surface area (Å²) in [5.74, 6) is 0.393. The van der Waals surface area contributed by atoms with Crippen LogP contribution in [0.5, 0.6) is 0 Å². The molecule has 0 atom stereocenters. The number of benzene rings is 1. The minimum absolute atomic E-state index is 0.104. The highest BCUT2D eigenvalue weighted by molar-refractivity contribution is 5.62. The summed E-state index contributed by atoms with van der Waals surface area (Å²) in [7, 11) is 0. The second-order valence-electron chi connectivity index (χ2n) is 5.62. The van der Waals surface area contributed by atoms with E-state index in [2.05, 4.69) is 18.7 Å². The summed E-state index contributed by atoms with van der Waals surface area (Å²) in [6, 6.07) is 5.71. The van der Waals surface area contributed by atoms with Crippen LogP contribution in [0.2, 0.25) is 0 Å². The number of alkyl halides is 3. The standard InChI is InChI=1S/C15H17F3N2/c1-10(2)9-20(13-4-5-13)14-6-3-12(15(16,17)18)7-11(14)8-19/h3,6-7,10,13H,4-5,9H2,1-2H3. The molecule has 0 N–H and O–H groups in total. The number of anilines is 1. The molecule has 2 nitrogen and oxygen atoms in total. The van der Waals surface area contributed by atoms with Crippen LogP contribution in [0.4, 0.5) is 18.9 Å². The molecule has 1 aromatic rings. The van der Waals surface area contributed by atoms with Gasteiger partial charge < -0.3 is 4.90 Å². The maximum absolute atomic E-state index is 12.7. The van der Waals surface area contributed by atoms with Crippen molar-refractivity contribution >= 4 is 5.69 Å². The van der Waals surface area contributed by atoms with Gasteiger partial charge >= 0.3 is 6.18 Å². The Morgan fingerprint density at radius 2 is 2.00 bits per heavy atom. The molecule has 1 aliphatic rings. The molecule has 1 aliphatic carbocycles. The molecular weight excluding hydrogens is 265 g/mol. The Hall–Kier alpha value is -1.70. The second-order valence-corrected chi connectivity index (χ2v) is 5.62. The number of nitriles is 1. The summed E-state index contributed by atoms with van der Waals surface area (Å²) < 4.78 is 38.1. The molecule has 0 aliphatic heterocycles. The van der Waals surface area contributed by atoms with Crippen LogP contribution in [0.1, 0.15) is 37.8 Å². The molecule has 0 spiro atoms. The summed E-state index contributed by atoms with van der Waals surface area (Å²) >= 11 is 0. The van der Waals surface area contributed by atoms with Gasteiger partial charge in [-0.1, -0.05) is 13.8 Å². The van der Waals surface area contributed by atoms with E-state index in [-0.39, 0.29) is 5.56 Å². The average molecular weight is 282 g/mol. The monoisotopic (exact) mass is 282 g/mol. The topological polar surface area (TPSA) is 27.0 Å². The van der Waals surface area contributed by atoms with E-state index >= 15 is 0 Å². The summed E-state index contributed by atoms with van der Waals surface area (Å²) in [5, 5.41) is 9.15. The van der Waals surface area contributed by atoms with Crippen molar-refractivity contribution in [3.63, 3.8) is 0 Å². The normalized spacial score (nSPS) is 15.2. The minimum Gasteiger partial charge on any atom is -0.367 e. The van der Waals surface area contributed by atoms with E-state index in [4.69, 9.17) is 5.26 Å². The predicted octanol–water partition coefficient (Wildman–Crippen LogP) is 4.20. The maximum atomic E-state index is 12.7. The van der Waals surface area contributed by atoms with Gasteiger partial charge in [0, 0.05) is 12.6 Å². The zero-order chi connectivity index (χ0) is 14.9. The van der Waals surface area contributed by atoms with Gasteiger partial charge in [-0.05, 0) is 37.0 Å². The Morgan fingerprint density at radius 1 is 1.35 bits per heavy atom. The van der Waals surface area contributed by atoms with Crippen LogP contribution in [-0.2, 0) is 6.18 Å². The van der Waals surface area contributed by atoms with E-state index in [1.807, 2.05) is 6.07 Å². The lowest BCUT2D eigenvalue weighted by Crippen LogP contribution is -2.30. The smallest absolute Gasteiger partial charge is 0.367 e. The molecule has 0 amide bonds. The molecule has 1 aromatic carbocycles. The largest absolute Gasteiger partial charge is 0.416 e. The van der Waals surface area contributed by atoms with E-state index < -0.39 is 11.7 Å². The fourth-order valence-corrected chi connectivity index (χ4v) is 2.28. The predicted molar refractivity (Wildman–Crippen MR) is 71.4 cm³/mol.